The zero-order valence-corrected chi connectivity index (χ0v) is 21.6. The zero-order chi connectivity index (χ0) is 27.8. The van der Waals surface area contributed by atoms with E-state index in [0.717, 1.165) is 10.9 Å². The van der Waals surface area contributed by atoms with Gasteiger partial charge in [-0.15, -0.1) is 5.10 Å². The maximum atomic E-state index is 14.3. The summed E-state index contributed by atoms with van der Waals surface area (Å²) in [5.74, 6) is 5.56. The Balaban J connectivity index is 1.45. The third-order valence-corrected chi connectivity index (χ3v) is 6.48. The number of para-hydroxylation sites is 1. The van der Waals surface area contributed by atoms with E-state index in [4.69, 9.17) is 10.7 Å². The molecule has 0 aliphatic heterocycles. The molecule has 6 aromatic rings. The summed E-state index contributed by atoms with van der Waals surface area (Å²) in [6, 6.07) is 15.0. The number of nitrogens with one attached hydrogen (secondary N) is 1. The number of nitrogens with two attached hydrogens (primary N) is 1. The second kappa shape index (κ2) is 9.96. The normalized spacial score (nSPS) is 11.8. The van der Waals surface area contributed by atoms with Crippen LogP contribution in [0.15, 0.2) is 79.4 Å². The molecule has 4 heterocycles. The third kappa shape index (κ3) is 4.61. The van der Waals surface area contributed by atoms with Crippen LogP contribution in [0.4, 0.5) is 10.2 Å². The minimum atomic E-state index is -0.522. The van der Waals surface area contributed by atoms with Crippen LogP contribution in [0, 0.1) is 17.7 Å². The van der Waals surface area contributed by atoms with Crippen molar-refractivity contribution in [2.45, 2.75) is 13.0 Å². The average Bonchev–Trinajstić information content (AvgIpc) is 3.52. The molecule has 6 rings (SSSR count). The fourth-order valence-corrected chi connectivity index (χ4v) is 4.61. The van der Waals surface area contributed by atoms with Crippen molar-refractivity contribution >= 4 is 28.3 Å². The van der Waals surface area contributed by atoms with E-state index in [9.17, 15) is 9.18 Å². The predicted molar refractivity (Wildman–Crippen MR) is 150 cm³/mol. The van der Waals surface area contributed by atoms with Gasteiger partial charge in [-0.2, -0.15) is 5.10 Å². The van der Waals surface area contributed by atoms with Crippen molar-refractivity contribution in [3.63, 3.8) is 0 Å². The molecule has 10 heteroatoms. The molecule has 1 unspecified atom stereocenters. The number of carbonyl (C=O) groups excluding carboxylic acids is 1. The molecule has 3 N–H and O–H groups in total. The highest BCUT2D eigenvalue weighted by Crippen LogP contribution is 2.32. The number of hydrogen-bond acceptors (Lipinski definition) is 6. The molecular formula is C30H23FN8O. The van der Waals surface area contributed by atoms with Crippen LogP contribution in [0.2, 0.25) is 0 Å². The van der Waals surface area contributed by atoms with E-state index in [2.05, 4.69) is 32.3 Å². The van der Waals surface area contributed by atoms with Gasteiger partial charge in [-0.3, -0.25) is 9.48 Å². The largest absolute Gasteiger partial charge is 0.381 e. The lowest BCUT2D eigenvalue weighted by atomic mass is 9.97. The van der Waals surface area contributed by atoms with Gasteiger partial charge in [-0.25, -0.2) is 18.9 Å². The Hall–Kier alpha value is -5.56. The van der Waals surface area contributed by atoms with Gasteiger partial charge < -0.3 is 11.1 Å². The Kier molecular flexibility index (Phi) is 6.16. The number of carbonyl (C=O) groups is 1. The van der Waals surface area contributed by atoms with Gasteiger partial charge in [0.25, 0.3) is 5.91 Å². The van der Waals surface area contributed by atoms with E-state index in [1.54, 1.807) is 41.5 Å². The molecule has 196 valence electrons. The minimum Gasteiger partial charge on any atom is -0.381 e. The summed E-state index contributed by atoms with van der Waals surface area (Å²) in [7, 11) is 1.83. The van der Waals surface area contributed by atoms with E-state index < -0.39 is 17.8 Å². The van der Waals surface area contributed by atoms with Crippen molar-refractivity contribution in [1.29, 1.82) is 0 Å². The third-order valence-electron chi connectivity index (χ3n) is 6.48. The molecule has 0 saturated heterocycles. The maximum Gasteiger partial charge on any atom is 0.259 e. The van der Waals surface area contributed by atoms with Gasteiger partial charge >= 0.3 is 0 Å². The van der Waals surface area contributed by atoms with Crippen molar-refractivity contribution in [2.24, 2.45) is 7.05 Å². The predicted octanol–water partition coefficient (Wildman–Crippen LogP) is 4.29. The van der Waals surface area contributed by atoms with E-state index in [0.29, 0.717) is 33.5 Å². The van der Waals surface area contributed by atoms with Gasteiger partial charge in [0.15, 0.2) is 11.5 Å². The van der Waals surface area contributed by atoms with Crippen molar-refractivity contribution in [3.8, 4) is 23.1 Å². The number of nitrogens with zero attached hydrogens (tertiary/aromatic N) is 6. The summed E-state index contributed by atoms with van der Waals surface area (Å²) in [6.07, 6.45) is 6.76. The molecule has 0 aliphatic rings. The first-order valence-corrected chi connectivity index (χ1v) is 12.5. The SMILES string of the molecule is CC(NC(=O)c1c(N)nn2cccnc12)c1cc2cccc(C#Cc3cnn(C)c3)c2nc1-c1cccc(F)c1. The summed E-state index contributed by atoms with van der Waals surface area (Å²) in [6.45, 7) is 1.84. The highest BCUT2D eigenvalue weighted by molar-refractivity contribution is 6.04. The number of hydrogen-bond donors (Lipinski definition) is 2. The average molecular weight is 531 g/mol. The number of aryl methyl sites for hydroxylation is 1. The molecule has 4 aromatic heterocycles. The van der Waals surface area contributed by atoms with Crippen LogP contribution >= 0.6 is 0 Å². The number of amides is 1. The fourth-order valence-electron chi connectivity index (χ4n) is 4.61. The van der Waals surface area contributed by atoms with Crippen LogP contribution in [-0.4, -0.2) is 35.3 Å². The molecule has 0 radical (unpaired) electrons. The quantitative estimate of drug-likeness (QED) is 0.329. The van der Waals surface area contributed by atoms with Crippen LogP contribution < -0.4 is 11.1 Å². The number of pyridine rings is 1. The molecule has 1 amide bonds. The fraction of sp³-hybridized carbons (Fsp3) is 0.100. The number of halogens is 1. The van der Waals surface area contributed by atoms with E-state index in [1.807, 2.05) is 44.4 Å². The maximum absolute atomic E-state index is 14.3. The summed E-state index contributed by atoms with van der Waals surface area (Å²) in [5, 5.41) is 12.2. The molecule has 0 saturated carbocycles. The Morgan fingerprint density at radius 3 is 2.77 bits per heavy atom. The van der Waals surface area contributed by atoms with E-state index >= 15 is 0 Å². The Bertz CT molecular complexity index is 1980. The van der Waals surface area contributed by atoms with Crippen LogP contribution in [0.1, 0.15) is 40.0 Å². The molecule has 0 spiro atoms. The van der Waals surface area contributed by atoms with Gasteiger partial charge in [0.2, 0.25) is 0 Å². The lowest BCUT2D eigenvalue weighted by Gasteiger charge is -2.19. The minimum absolute atomic E-state index is 0.0715. The number of anilines is 1. The first-order chi connectivity index (χ1) is 19.4. The molecule has 2 aromatic carbocycles. The smallest absolute Gasteiger partial charge is 0.259 e. The van der Waals surface area contributed by atoms with Crippen molar-refractivity contribution in [3.05, 3.63) is 107 Å². The zero-order valence-electron chi connectivity index (χ0n) is 21.6. The summed E-state index contributed by atoms with van der Waals surface area (Å²) in [4.78, 5) is 22.6. The van der Waals surface area contributed by atoms with Crippen LogP contribution in [0.5, 0.6) is 0 Å². The van der Waals surface area contributed by atoms with Gasteiger partial charge in [0.05, 0.1) is 34.6 Å². The number of aromatic nitrogens is 6. The Morgan fingerprint density at radius 2 is 1.98 bits per heavy atom. The number of nitrogen functional groups attached to an aromatic ring is 1. The summed E-state index contributed by atoms with van der Waals surface area (Å²) >= 11 is 0. The first kappa shape index (κ1) is 24.8. The second-order valence-corrected chi connectivity index (χ2v) is 9.31. The van der Waals surface area contributed by atoms with E-state index in [1.165, 1.54) is 16.6 Å². The van der Waals surface area contributed by atoms with Gasteiger partial charge in [-0.1, -0.05) is 36.1 Å². The molecule has 9 nitrogen and oxygen atoms in total. The number of rotatable bonds is 4. The van der Waals surface area contributed by atoms with Gasteiger partial charge in [0.1, 0.15) is 11.4 Å². The lowest BCUT2D eigenvalue weighted by Crippen LogP contribution is -2.28. The number of fused-ring (bicyclic) bond motifs is 2. The first-order valence-electron chi connectivity index (χ1n) is 12.5. The molecule has 1 atom stereocenters. The summed E-state index contributed by atoms with van der Waals surface area (Å²) in [5.41, 5.74) is 10.6. The molecule has 40 heavy (non-hydrogen) atoms. The van der Waals surface area contributed by atoms with Crippen LogP contribution in [0.25, 0.3) is 27.8 Å². The Morgan fingerprint density at radius 1 is 1.12 bits per heavy atom. The molecule has 0 bridgehead atoms. The van der Waals surface area contributed by atoms with Crippen LogP contribution in [0.3, 0.4) is 0 Å². The topological polar surface area (TPSA) is 116 Å². The van der Waals surface area contributed by atoms with Crippen LogP contribution in [-0.2, 0) is 7.05 Å². The van der Waals surface area contributed by atoms with Crippen molar-refractivity contribution in [1.82, 2.24) is 34.7 Å². The number of benzene rings is 2. The highest BCUT2D eigenvalue weighted by atomic mass is 19.1. The van der Waals surface area contributed by atoms with E-state index in [-0.39, 0.29) is 11.4 Å². The van der Waals surface area contributed by atoms with Gasteiger partial charge in [0, 0.05) is 42.2 Å². The molecule has 0 aliphatic carbocycles. The standard InChI is InChI=1S/C30H23FN8O/c1-18(35-30(40)25-28(32)37-39-13-5-12-33-29(25)39)24-15-22-7-3-6-20(11-10-19-16-34-38(2)17-19)26(22)36-27(24)21-8-4-9-23(31)14-21/h3-9,12-18H,1-2H3,(H2,32,37)(H,35,40). The monoisotopic (exact) mass is 530 g/mol. The summed E-state index contributed by atoms with van der Waals surface area (Å²) < 4.78 is 17.5. The van der Waals surface area contributed by atoms with Crippen molar-refractivity contribution in [2.75, 3.05) is 5.73 Å². The Labute approximate surface area is 228 Å². The molecule has 0 fully saturated rings. The molecular weight excluding hydrogens is 507 g/mol. The second-order valence-electron chi connectivity index (χ2n) is 9.31. The van der Waals surface area contributed by atoms with Crippen molar-refractivity contribution < 1.29 is 9.18 Å². The lowest BCUT2D eigenvalue weighted by molar-refractivity contribution is 0.0942. The van der Waals surface area contributed by atoms with Gasteiger partial charge in [-0.05, 0) is 37.3 Å². The highest BCUT2D eigenvalue weighted by Gasteiger charge is 2.23.